The van der Waals surface area contributed by atoms with Crippen LogP contribution in [-0.4, -0.2) is 43.0 Å². The van der Waals surface area contributed by atoms with E-state index < -0.39 is 0 Å². The van der Waals surface area contributed by atoms with E-state index in [4.69, 9.17) is 11.6 Å². The fraction of sp³-hybridized carbons (Fsp3) is 0.688. The molecular weight excluding hydrogens is 312 g/mol. The molecule has 0 spiro atoms. The van der Waals surface area contributed by atoms with Crippen LogP contribution in [0.25, 0.3) is 11.5 Å². The van der Waals surface area contributed by atoms with Crippen molar-refractivity contribution in [3.63, 3.8) is 0 Å². The first-order chi connectivity index (χ1) is 11.1. The Kier molecular flexibility index (Phi) is 7.72. The highest BCUT2D eigenvalue weighted by atomic mass is 35.5. The monoisotopic (exact) mass is 340 g/mol. The minimum Gasteiger partial charge on any atom is -0.300 e. The van der Waals surface area contributed by atoms with Gasteiger partial charge in [-0.2, -0.15) is 10.2 Å². The average molecular weight is 341 g/mol. The van der Waals surface area contributed by atoms with Crippen LogP contribution in [0.4, 0.5) is 0 Å². The summed E-state index contributed by atoms with van der Waals surface area (Å²) < 4.78 is 3.73. The fourth-order valence-electron chi connectivity index (χ4n) is 2.50. The molecule has 0 atom stereocenters. The highest BCUT2D eigenvalue weighted by Gasteiger charge is 2.23. The SMILES string of the molecule is CC.CC.Cc1nc(-c2nn3c(c2Cl)CN(C)CCC3)n(C)n1. The van der Waals surface area contributed by atoms with Gasteiger partial charge in [-0.1, -0.05) is 39.3 Å². The lowest BCUT2D eigenvalue weighted by atomic mass is 10.3. The van der Waals surface area contributed by atoms with Gasteiger partial charge in [0, 0.05) is 26.7 Å². The van der Waals surface area contributed by atoms with Crippen molar-refractivity contribution >= 4 is 11.6 Å². The van der Waals surface area contributed by atoms with Crippen LogP contribution in [-0.2, 0) is 20.1 Å². The number of aromatic nitrogens is 5. The summed E-state index contributed by atoms with van der Waals surface area (Å²) in [5.41, 5.74) is 1.80. The molecule has 1 aliphatic heterocycles. The summed E-state index contributed by atoms with van der Waals surface area (Å²) >= 11 is 6.50. The number of halogens is 1. The largest absolute Gasteiger partial charge is 0.300 e. The van der Waals surface area contributed by atoms with Crippen LogP contribution in [0.3, 0.4) is 0 Å². The minimum atomic E-state index is 0.698. The van der Waals surface area contributed by atoms with Crippen LogP contribution in [0.15, 0.2) is 0 Å². The number of hydrogen-bond donors (Lipinski definition) is 0. The number of rotatable bonds is 1. The van der Waals surface area contributed by atoms with Gasteiger partial charge in [0.2, 0.25) is 0 Å². The van der Waals surface area contributed by atoms with E-state index in [-0.39, 0.29) is 0 Å². The van der Waals surface area contributed by atoms with Gasteiger partial charge in [0.05, 0.1) is 10.7 Å². The molecule has 0 aromatic carbocycles. The Morgan fingerprint density at radius 3 is 2.22 bits per heavy atom. The molecule has 2 aromatic heterocycles. The van der Waals surface area contributed by atoms with Gasteiger partial charge < -0.3 is 4.90 Å². The van der Waals surface area contributed by atoms with E-state index in [1.165, 1.54) is 0 Å². The van der Waals surface area contributed by atoms with Gasteiger partial charge in [-0.3, -0.25) is 4.68 Å². The maximum atomic E-state index is 6.50. The van der Waals surface area contributed by atoms with Crippen molar-refractivity contribution in [3.05, 3.63) is 16.5 Å². The summed E-state index contributed by atoms with van der Waals surface area (Å²) in [4.78, 5) is 6.67. The van der Waals surface area contributed by atoms with Crippen molar-refractivity contribution in [2.24, 2.45) is 7.05 Å². The number of aryl methyl sites for hydroxylation is 3. The molecule has 130 valence electrons. The van der Waals surface area contributed by atoms with Crippen molar-refractivity contribution in [1.29, 1.82) is 0 Å². The second-order valence-corrected chi connectivity index (χ2v) is 5.41. The molecule has 0 aliphatic carbocycles. The van der Waals surface area contributed by atoms with E-state index in [1.807, 2.05) is 46.3 Å². The quantitative estimate of drug-likeness (QED) is 0.797. The van der Waals surface area contributed by atoms with Crippen molar-refractivity contribution in [2.45, 2.75) is 54.1 Å². The molecule has 0 saturated heterocycles. The highest BCUT2D eigenvalue weighted by molar-refractivity contribution is 6.33. The summed E-state index contributed by atoms with van der Waals surface area (Å²) in [7, 11) is 3.97. The highest BCUT2D eigenvalue weighted by Crippen LogP contribution is 2.30. The summed E-state index contributed by atoms with van der Waals surface area (Å²) in [5, 5.41) is 9.58. The summed E-state index contributed by atoms with van der Waals surface area (Å²) in [6.45, 7) is 12.7. The lowest BCUT2D eigenvalue weighted by molar-refractivity contribution is 0.332. The first kappa shape index (κ1) is 19.6. The van der Waals surface area contributed by atoms with Crippen molar-refractivity contribution in [3.8, 4) is 11.5 Å². The van der Waals surface area contributed by atoms with Gasteiger partial charge in [0.25, 0.3) is 0 Å². The van der Waals surface area contributed by atoms with E-state index in [2.05, 4.69) is 27.1 Å². The maximum Gasteiger partial charge on any atom is 0.180 e. The molecule has 0 saturated carbocycles. The zero-order valence-electron chi connectivity index (χ0n) is 15.4. The Hall–Kier alpha value is -1.40. The van der Waals surface area contributed by atoms with Crippen LogP contribution >= 0.6 is 11.6 Å². The number of hydrogen-bond acceptors (Lipinski definition) is 4. The number of nitrogens with zero attached hydrogens (tertiary/aromatic N) is 6. The third kappa shape index (κ3) is 4.32. The molecule has 23 heavy (non-hydrogen) atoms. The Morgan fingerprint density at radius 1 is 1.00 bits per heavy atom. The molecule has 0 N–H and O–H groups in total. The molecule has 3 heterocycles. The molecule has 0 bridgehead atoms. The Morgan fingerprint density at radius 2 is 1.65 bits per heavy atom. The zero-order valence-corrected chi connectivity index (χ0v) is 16.1. The molecule has 0 amide bonds. The van der Waals surface area contributed by atoms with Gasteiger partial charge in [-0.15, -0.1) is 0 Å². The minimum absolute atomic E-state index is 0.698. The van der Waals surface area contributed by atoms with Crippen LogP contribution in [0.5, 0.6) is 0 Å². The number of fused-ring (bicyclic) bond motifs is 1. The lowest BCUT2D eigenvalue weighted by Crippen LogP contribution is -2.17. The normalized spacial score (nSPS) is 14.1. The van der Waals surface area contributed by atoms with Gasteiger partial charge >= 0.3 is 0 Å². The topological polar surface area (TPSA) is 51.8 Å². The molecule has 6 nitrogen and oxygen atoms in total. The third-order valence-electron chi connectivity index (χ3n) is 3.40. The fourth-order valence-corrected chi connectivity index (χ4v) is 2.78. The predicted molar refractivity (Wildman–Crippen MR) is 95.6 cm³/mol. The van der Waals surface area contributed by atoms with Crippen molar-refractivity contribution in [1.82, 2.24) is 29.4 Å². The molecule has 1 aliphatic rings. The van der Waals surface area contributed by atoms with Crippen LogP contribution in [0.1, 0.15) is 45.6 Å². The first-order valence-electron chi connectivity index (χ1n) is 8.38. The van der Waals surface area contributed by atoms with Gasteiger partial charge in [-0.25, -0.2) is 9.67 Å². The van der Waals surface area contributed by atoms with Crippen LogP contribution in [0, 0.1) is 6.92 Å². The zero-order chi connectivity index (χ0) is 17.6. The predicted octanol–water partition coefficient (Wildman–Crippen LogP) is 3.53. The van der Waals surface area contributed by atoms with E-state index >= 15 is 0 Å². The lowest BCUT2D eigenvalue weighted by Gasteiger charge is -2.11. The van der Waals surface area contributed by atoms with E-state index in [9.17, 15) is 0 Å². The smallest absolute Gasteiger partial charge is 0.180 e. The van der Waals surface area contributed by atoms with Crippen LogP contribution in [0.2, 0.25) is 5.02 Å². The Labute approximate surface area is 144 Å². The van der Waals surface area contributed by atoms with Crippen LogP contribution < -0.4 is 0 Å². The molecule has 7 heteroatoms. The standard InChI is InChI=1S/C12H17ClN6.2C2H6/c1-8-14-12(18(3)15-8)11-10(13)9-7-17(2)5-4-6-19(9)16-11;2*1-2/h4-7H2,1-3H3;2*1-2H3. The van der Waals surface area contributed by atoms with Crippen molar-refractivity contribution < 1.29 is 0 Å². The summed E-state index contributed by atoms with van der Waals surface area (Å²) in [5.74, 6) is 1.46. The molecule has 2 aromatic rings. The summed E-state index contributed by atoms with van der Waals surface area (Å²) in [6.07, 6.45) is 1.08. The maximum absolute atomic E-state index is 6.50. The summed E-state index contributed by atoms with van der Waals surface area (Å²) in [6, 6.07) is 0. The first-order valence-corrected chi connectivity index (χ1v) is 8.76. The van der Waals surface area contributed by atoms with Gasteiger partial charge in [-0.05, 0) is 20.4 Å². The molecule has 0 fully saturated rings. The molecule has 0 unspecified atom stereocenters. The van der Waals surface area contributed by atoms with E-state index in [0.717, 1.165) is 49.1 Å². The molecular formula is C16H29ClN6. The van der Waals surface area contributed by atoms with E-state index in [0.29, 0.717) is 5.02 Å². The molecule has 3 rings (SSSR count). The van der Waals surface area contributed by atoms with Crippen molar-refractivity contribution in [2.75, 3.05) is 13.6 Å². The second kappa shape index (κ2) is 9.03. The van der Waals surface area contributed by atoms with E-state index in [1.54, 1.807) is 4.68 Å². The van der Waals surface area contributed by atoms with Gasteiger partial charge in [0.15, 0.2) is 5.82 Å². The van der Waals surface area contributed by atoms with Gasteiger partial charge in [0.1, 0.15) is 11.5 Å². The Bertz CT molecular complexity index is 616. The second-order valence-electron chi connectivity index (χ2n) is 5.03. The average Bonchev–Trinajstić information content (AvgIpc) is 2.96. The third-order valence-corrected chi connectivity index (χ3v) is 3.80. The molecule has 0 radical (unpaired) electrons. The Balaban J connectivity index is 0.000000615.